The van der Waals surface area contributed by atoms with E-state index in [2.05, 4.69) is 190 Å². The molecule has 290 valence electrons. The van der Waals surface area contributed by atoms with Gasteiger partial charge in [-0.3, -0.25) is 0 Å². The van der Waals surface area contributed by atoms with Crippen molar-refractivity contribution in [1.29, 1.82) is 0 Å². The van der Waals surface area contributed by atoms with Crippen LogP contribution in [0.5, 0.6) is 0 Å². The van der Waals surface area contributed by atoms with Crippen LogP contribution >= 0.6 is 0 Å². The smallest absolute Gasteiger partial charge is 0.164 e. The zero-order chi connectivity index (χ0) is 41.1. The first kappa shape index (κ1) is 34.9. The van der Waals surface area contributed by atoms with Crippen LogP contribution in [0.2, 0.25) is 0 Å². The van der Waals surface area contributed by atoms with E-state index in [1.807, 2.05) is 12.1 Å². The fourth-order valence-electron chi connectivity index (χ4n) is 10.3. The summed E-state index contributed by atoms with van der Waals surface area (Å²) in [6.07, 6.45) is 0. The van der Waals surface area contributed by atoms with E-state index in [1.54, 1.807) is 0 Å². The minimum absolute atomic E-state index is 0.272. The van der Waals surface area contributed by atoms with Crippen LogP contribution in [0, 0.1) is 0 Å². The molecule has 0 N–H and O–H groups in total. The van der Waals surface area contributed by atoms with E-state index in [-0.39, 0.29) is 5.41 Å². The van der Waals surface area contributed by atoms with Gasteiger partial charge in [0, 0.05) is 38.4 Å². The second-order valence-electron chi connectivity index (χ2n) is 17.1. The van der Waals surface area contributed by atoms with Gasteiger partial charge in [0.05, 0.1) is 0 Å². The standard InChI is InChI=1S/C58H37N3O/c1-58(2)48-22-12-10-20-44(48)53-49(58)33-47(52-45-21-11-13-23-50(45)62-54(52)53)57-60-55(37-27-24-35(25-28-37)34-14-4-3-5-15-34)59-56(61-57)38-29-26-36-30-31-43-41-18-7-6-16-39(41)40-17-8-9-19-42(40)51(43)46(36)32-38/h3-33H,1-2H3. The van der Waals surface area contributed by atoms with E-state index in [0.29, 0.717) is 17.5 Å². The number of para-hydroxylation sites is 1. The topological polar surface area (TPSA) is 51.8 Å². The monoisotopic (exact) mass is 791 g/mol. The molecule has 0 saturated heterocycles. The molecule has 0 aliphatic heterocycles. The van der Waals surface area contributed by atoms with E-state index < -0.39 is 0 Å². The number of fused-ring (bicyclic) bond motifs is 15. The van der Waals surface area contributed by atoms with Crippen LogP contribution in [0.15, 0.2) is 192 Å². The highest BCUT2D eigenvalue weighted by molar-refractivity contribution is 6.31. The number of nitrogens with zero attached hydrogens (tertiary/aromatic N) is 3. The molecule has 0 fully saturated rings. The Morgan fingerprint density at radius 1 is 0.371 bits per heavy atom. The van der Waals surface area contributed by atoms with E-state index in [4.69, 9.17) is 19.4 Å². The van der Waals surface area contributed by atoms with Gasteiger partial charge in [-0.05, 0) is 89.1 Å². The van der Waals surface area contributed by atoms with E-state index in [9.17, 15) is 0 Å². The second kappa shape index (κ2) is 13.0. The SMILES string of the molecule is CC1(C)c2ccccc2-c2c1cc(-c1nc(-c3ccc(-c4ccccc4)cc3)nc(-c3ccc4ccc5c6ccccc6c6ccccc6c5c4c3)n1)c1c2oc2ccccc21. The first-order valence-electron chi connectivity index (χ1n) is 21.3. The third-order valence-electron chi connectivity index (χ3n) is 13.3. The highest BCUT2D eigenvalue weighted by Gasteiger charge is 2.39. The van der Waals surface area contributed by atoms with Crippen LogP contribution in [0.3, 0.4) is 0 Å². The fraction of sp³-hybridized carbons (Fsp3) is 0.0517. The minimum Gasteiger partial charge on any atom is -0.455 e. The van der Waals surface area contributed by atoms with Crippen molar-refractivity contribution < 1.29 is 4.42 Å². The number of furan rings is 1. The Balaban J connectivity index is 1.10. The summed E-state index contributed by atoms with van der Waals surface area (Å²) in [6, 6.07) is 67.1. The van der Waals surface area contributed by atoms with Gasteiger partial charge in [0.15, 0.2) is 17.5 Å². The summed E-state index contributed by atoms with van der Waals surface area (Å²) in [4.78, 5) is 16.2. The second-order valence-corrected chi connectivity index (χ2v) is 17.1. The lowest BCUT2D eigenvalue weighted by Gasteiger charge is -2.22. The van der Waals surface area contributed by atoms with E-state index in [0.717, 1.165) is 60.7 Å². The average Bonchev–Trinajstić information content (AvgIpc) is 3.83. The molecule has 0 saturated carbocycles. The molecule has 0 radical (unpaired) electrons. The van der Waals surface area contributed by atoms with E-state index >= 15 is 0 Å². The fourth-order valence-corrected chi connectivity index (χ4v) is 10.3. The molecule has 0 unspecified atom stereocenters. The van der Waals surface area contributed by atoms with Gasteiger partial charge in [0.2, 0.25) is 0 Å². The van der Waals surface area contributed by atoms with Crippen molar-refractivity contribution in [2.45, 2.75) is 19.3 Å². The molecule has 0 atom stereocenters. The number of hydrogen-bond acceptors (Lipinski definition) is 4. The van der Waals surface area contributed by atoms with Gasteiger partial charge < -0.3 is 4.42 Å². The van der Waals surface area contributed by atoms with Gasteiger partial charge in [0.1, 0.15) is 11.2 Å². The van der Waals surface area contributed by atoms with Gasteiger partial charge in [-0.1, -0.05) is 184 Å². The molecule has 0 bridgehead atoms. The predicted molar refractivity (Wildman–Crippen MR) is 256 cm³/mol. The molecule has 2 heterocycles. The molecule has 1 aliphatic rings. The van der Waals surface area contributed by atoms with Crippen LogP contribution in [0.1, 0.15) is 25.0 Å². The first-order chi connectivity index (χ1) is 30.5. The van der Waals surface area contributed by atoms with Gasteiger partial charge >= 0.3 is 0 Å². The van der Waals surface area contributed by atoms with Crippen molar-refractivity contribution in [1.82, 2.24) is 15.0 Å². The molecular formula is C58H37N3O. The van der Waals surface area contributed by atoms with Gasteiger partial charge in [0.25, 0.3) is 0 Å². The number of aromatic nitrogens is 3. The van der Waals surface area contributed by atoms with Crippen molar-refractivity contribution in [2.75, 3.05) is 0 Å². The largest absolute Gasteiger partial charge is 0.455 e. The number of hydrogen-bond donors (Lipinski definition) is 0. The molecule has 0 spiro atoms. The Labute approximate surface area is 357 Å². The van der Waals surface area contributed by atoms with Gasteiger partial charge in [-0.15, -0.1) is 0 Å². The molecule has 10 aromatic carbocycles. The Morgan fingerprint density at radius 2 is 0.919 bits per heavy atom. The first-order valence-corrected chi connectivity index (χ1v) is 21.3. The van der Waals surface area contributed by atoms with Crippen LogP contribution in [0.4, 0.5) is 0 Å². The Morgan fingerprint density at radius 3 is 1.69 bits per heavy atom. The summed E-state index contributed by atoms with van der Waals surface area (Å²) >= 11 is 0. The van der Waals surface area contributed by atoms with Crippen molar-refractivity contribution >= 4 is 65.0 Å². The van der Waals surface area contributed by atoms with Crippen molar-refractivity contribution in [2.24, 2.45) is 0 Å². The maximum Gasteiger partial charge on any atom is 0.164 e. The summed E-state index contributed by atoms with van der Waals surface area (Å²) in [5.74, 6) is 1.84. The summed E-state index contributed by atoms with van der Waals surface area (Å²) in [5, 5.41) is 11.8. The minimum atomic E-state index is -0.272. The van der Waals surface area contributed by atoms with Gasteiger partial charge in [-0.2, -0.15) is 0 Å². The lowest BCUT2D eigenvalue weighted by atomic mass is 9.81. The molecule has 12 aromatic rings. The molecule has 2 aromatic heterocycles. The molecule has 13 rings (SSSR count). The Kier molecular flexibility index (Phi) is 7.32. The highest BCUT2D eigenvalue weighted by Crippen LogP contribution is 2.54. The van der Waals surface area contributed by atoms with E-state index in [1.165, 1.54) is 54.4 Å². The zero-order valence-electron chi connectivity index (χ0n) is 34.1. The quantitative estimate of drug-likeness (QED) is 0.167. The average molecular weight is 792 g/mol. The van der Waals surface area contributed by atoms with Crippen LogP contribution in [-0.2, 0) is 5.41 Å². The molecular weight excluding hydrogens is 755 g/mol. The number of benzene rings is 10. The molecule has 1 aliphatic carbocycles. The third kappa shape index (κ3) is 5.04. The summed E-state index contributed by atoms with van der Waals surface area (Å²) < 4.78 is 6.88. The molecule has 4 nitrogen and oxygen atoms in total. The van der Waals surface area contributed by atoms with Crippen LogP contribution in [-0.4, -0.2) is 15.0 Å². The van der Waals surface area contributed by atoms with Crippen LogP contribution < -0.4 is 0 Å². The summed E-state index contributed by atoms with van der Waals surface area (Å²) in [7, 11) is 0. The molecule has 62 heavy (non-hydrogen) atoms. The normalized spacial score (nSPS) is 13.1. The third-order valence-corrected chi connectivity index (χ3v) is 13.3. The molecule has 4 heteroatoms. The highest BCUT2D eigenvalue weighted by atomic mass is 16.3. The molecule has 0 amide bonds. The Bertz CT molecular complexity index is 3790. The maximum absolute atomic E-state index is 6.88. The van der Waals surface area contributed by atoms with Crippen molar-refractivity contribution in [3.63, 3.8) is 0 Å². The van der Waals surface area contributed by atoms with Gasteiger partial charge in [-0.25, -0.2) is 15.0 Å². The Hall–Kier alpha value is -7.95. The summed E-state index contributed by atoms with van der Waals surface area (Å²) in [5.41, 5.74) is 11.3. The zero-order valence-corrected chi connectivity index (χ0v) is 34.1. The maximum atomic E-state index is 6.88. The summed E-state index contributed by atoms with van der Waals surface area (Å²) in [6.45, 7) is 4.61. The van der Waals surface area contributed by atoms with Crippen molar-refractivity contribution in [3.05, 3.63) is 199 Å². The predicted octanol–water partition coefficient (Wildman–Crippen LogP) is 15.4. The number of rotatable bonds is 4. The lowest BCUT2D eigenvalue weighted by Crippen LogP contribution is -2.15. The van der Waals surface area contributed by atoms with Crippen molar-refractivity contribution in [3.8, 4) is 56.4 Å². The lowest BCUT2D eigenvalue weighted by molar-refractivity contribution is 0.653. The van der Waals surface area contributed by atoms with Crippen LogP contribution in [0.25, 0.3) is 121 Å².